The first-order chi connectivity index (χ1) is 7.72. The summed E-state index contributed by atoms with van der Waals surface area (Å²) in [5, 5.41) is 0. The van der Waals surface area contributed by atoms with Crippen LogP contribution >= 0.6 is 0 Å². The summed E-state index contributed by atoms with van der Waals surface area (Å²) in [6.45, 7) is 0. The lowest BCUT2D eigenvalue weighted by Gasteiger charge is -2.08. The highest BCUT2D eigenvalue weighted by Crippen LogP contribution is 2.31. The summed E-state index contributed by atoms with van der Waals surface area (Å²) in [4.78, 5) is 3.73. The van der Waals surface area contributed by atoms with E-state index in [4.69, 9.17) is 10.5 Å². The van der Waals surface area contributed by atoms with Crippen molar-refractivity contribution in [2.24, 2.45) is 0 Å². The minimum Gasteiger partial charge on any atom is -0.494 e. The van der Waals surface area contributed by atoms with Gasteiger partial charge in [-0.3, -0.25) is 4.98 Å². The molecule has 2 aromatic rings. The molecule has 2 rings (SSSR count). The smallest absolute Gasteiger partial charge is 0.153 e. The van der Waals surface area contributed by atoms with Crippen LogP contribution in [0, 0.1) is 5.82 Å². The number of nitrogens with two attached hydrogens (primary N) is 1. The summed E-state index contributed by atoms with van der Waals surface area (Å²) in [5.41, 5.74) is 7.33. The summed E-state index contributed by atoms with van der Waals surface area (Å²) >= 11 is 0. The van der Waals surface area contributed by atoms with E-state index in [-0.39, 0.29) is 0 Å². The third-order valence-corrected chi connectivity index (χ3v) is 2.28. The predicted octanol–water partition coefficient (Wildman–Crippen LogP) is 2.48. The van der Waals surface area contributed by atoms with Gasteiger partial charge < -0.3 is 10.5 Å². The van der Waals surface area contributed by atoms with Crippen molar-refractivity contribution in [1.29, 1.82) is 0 Å². The van der Waals surface area contributed by atoms with Crippen LogP contribution in [0.15, 0.2) is 36.7 Å². The minimum absolute atomic E-state index is 0.400. The van der Waals surface area contributed by atoms with Crippen LogP contribution in [0.3, 0.4) is 0 Å². The molecule has 0 spiro atoms. The van der Waals surface area contributed by atoms with Crippen LogP contribution in [0.1, 0.15) is 0 Å². The van der Waals surface area contributed by atoms with E-state index in [0.717, 1.165) is 6.20 Å². The largest absolute Gasteiger partial charge is 0.494 e. The molecule has 1 heterocycles. The van der Waals surface area contributed by atoms with E-state index < -0.39 is 5.82 Å². The number of nitrogens with zero attached hydrogens (tertiary/aromatic N) is 1. The Hall–Kier alpha value is -2.10. The molecule has 4 heteroatoms. The van der Waals surface area contributed by atoms with Crippen molar-refractivity contribution >= 4 is 5.69 Å². The van der Waals surface area contributed by atoms with Gasteiger partial charge >= 0.3 is 0 Å². The maximum Gasteiger partial charge on any atom is 0.153 e. The molecule has 2 N–H and O–H groups in total. The van der Waals surface area contributed by atoms with Gasteiger partial charge in [-0.05, 0) is 17.7 Å². The standard InChI is InChI=1S/C12H11FN2O/c1-16-11-7-15-6-10(13)12(11)8-2-4-9(14)5-3-8/h2-7H,14H2,1H3. The Balaban J connectivity index is 2.58. The fraction of sp³-hybridized carbons (Fsp3) is 0.0833. The molecule has 0 saturated heterocycles. The summed E-state index contributed by atoms with van der Waals surface area (Å²) < 4.78 is 18.7. The zero-order valence-corrected chi connectivity index (χ0v) is 8.77. The van der Waals surface area contributed by atoms with E-state index in [9.17, 15) is 4.39 Å². The Morgan fingerprint density at radius 2 is 1.88 bits per heavy atom. The van der Waals surface area contributed by atoms with Crippen molar-refractivity contribution in [1.82, 2.24) is 4.98 Å². The SMILES string of the molecule is COc1cncc(F)c1-c1ccc(N)cc1. The van der Waals surface area contributed by atoms with Gasteiger partial charge in [-0.2, -0.15) is 0 Å². The molecule has 0 bridgehead atoms. The molecule has 0 saturated carbocycles. The zero-order chi connectivity index (χ0) is 11.5. The van der Waals surface area contributed by atoms with Crippen molar-refractivity contribution in [3.05, 3.63) is 42.5 Å². The number of nitrogen functional groups attached to an aromatic ring is 1. The second-order valence-electron chi connectivity index (χ2n) is 3.32. The average molecular weight is 218 g/mol. The number of hydrogen-bond donors (Lipinski definition) is 1. The van der Waals surface area contributed by atoms with Gasteiger partial charge in [0, 0.05) is 5.69 Å². The minimum atomic E-state index is -0.413. The van der Waals surface area contributed by atoms with Crippen molar-refractivity contribution in [3.8, 4) is 16.9 Å². The monoisotopic (exact) mass is 218 g/mol. The van der Waals surface area contributed by atoms with Crippen LogP contribution in [-0.4, -0.2) is 12.1 Å². The summed E-state index contributed by atoms with van der Waals surface area (Å²) in [7, 11) is 1.48. The van der Waals surface area contributed by atoms with E-state index in [1.807, 2.05) is 0 Å². The molecule has 16 heavy (non-hydrogen) atoms. The fourth-order valence-electron chi connectivity index (χ4n) is 1.50. The second-order valence-corrected chi connectivity index (χ2v) is 3.32. The Morgan fingerprint density at radius 3 is 2.50 bits per heavy atom. The first kappa shape index (κ1) is 10.4. The number of rotatable bonds is 2. The van der Waals surface area contributed by atoms with Gasteiger partial charge in [0.1, 0.15) is 5.75 Å². The first-order valence-corrected chi connectivity index (χ1v) is 4.76. The van der Waals surface area contributed by atoms with Crippen LogP contribution in [0.2, 0.25) is 0 Å². The van der Waals surface area contributed by atoms with E-state index in [0.29, 0.717) is 22.6 Å². The molecule has 0 radical (unpaired) electrons. The maximum absolute atomic E-state index is 13.6. The third kappa shape index (κ3) is 1.82. The van der Waals surface area contributed by atoms with Crippen LogP contribution in [0.4, 0.5) is 10.1 Å². The normalized spacial score (nSPS) is 10.1. The number of aromatic nitrogens is 1. The fourth-order valence-corrected chi connectivity index (χ4v) is 1.50. The molecule has 1 aromatic carbocycles. The molecule has 0 aliphatic carbocycles. The van der Waals surface area contributed by atoms with E-state index in [2.05, 4.69) is 4.98 Å². The molecule has 0 aliphatic rings. The molecule has 1 aromatic heterocycles. The Kier molecular flexibility index (Phi) is 2.72. The summed E-state index contributed by atoms with van der Waals surface area (Å²) in [5.74, 6) is -0.00565. The van der Waals surface area contributed by atoms with Crippen molar-refractivity contribution < 1.29 is 9.13 Å². The van der Waals surface area contributed by atoms with Gasteiger partial charge in [-0.15, -0.1) is 0 Å². The summed E-state index contributed by atoms with van der Waals surface area (Å²) in [6, 6.07) is 6.93. The molecule has 0 aliphatic heterocycles. The Labute approximate surface area is 92.7 Å². The number of methoxy groups -OCH3 is 1. The third-order valence-electron chi connectivity index (χ3n) is 2.28. The molecule has 82 valence electrons. The van der Waals surface area contributed by atoms with Gasteiger partial charge in [0.15, 0.2) is 5.82 Å². The van der Waals surface area contributed by atoms with E-state index >= 15 is 0 Å². The van der Waals surface area contributed by atoms with Crippen LogP contribution < -0.4 is 10.5 Å². The highest BCUT2D eigenvalue weighted by Gasteiger charge is 2.11. The summed E-state index contributed by atoms with van der Waals surface area (Å²) in [6.07, 6.45) is 2.64. The highest BCUT2D eigenvalue weighted by atomic mass is 19.1. The van der Waals surface area contributed by atoms with Gasteiger partial charge in [-0.25, -0.2) is 4.39 Å². The number of hydrogen-bond acceptors (Lipinski definition) is 3. The highest BCUT2D eigenvalue weighted by molar-refractivity contribution is 5.71. The zero-order valence-electron chi connectivity index (χ0n) is 8.77. The number of benzene rings is 1. The Bertz CT molecular complexity index is 497. The maximum atomic E-state index is 13.6. The number of ether oxygens (including phenoxy) is 1. The van der Waals surface area contributed by atoms with Crippen LogP contribution in [0.25, 0.3) is 11.1 Å². The molecule has 0 amide bonds. The van der Waals surface area contributed by atoms with E-state index in [1.54, 1.807) is 24.3 Å². The van der Waals surface area contributed by atoms with Gasteiger partial charge in [0.2, 0.25) is 0 Å². The molecule has 0 fully saturated rings. The topological polar surface area (TPSA) is 48.1 Å². The Morgan fingerprint density at radius 1 is 1.19 bits per heavy atom. The van der Waals surface area contributed by atoms with Crippen molar-refractivity contribution in [2.75, 3.05) is 12.8 Å². The van der Waals surface area contributed by atoms with Gasteiger partial charge in [0.25, 0.3) is 0 Å². The van der Waals surface area contributed by atoms with Crippen molar-refractivity contribution in [3.63, 3.8) is 0 Å². The van der Waals surface area contributed by atoms with Gasteiger partial charge in [0.05, 0.1) is 25.1 Å². The number of halogens is 1. The lowest BCUT2D eigenvalue weighted by molar-refractivity contribution is 0.411. The van der Waals surface area contributed by atoms with Crippen LogP contribution in [-0.2, 0) is 0 Å². The lowest BCUT2D eigenvalue weighted by Crippen LogP contribution is -1.93. The molecule has 0 atom stereocenters. The number of pyridine rings is 1. The van der Waals surface area contributed by atoms with Crippen molar-refractivity contribution in [2.45, 2.75) is 0 Å². The van der Waals surface area contributed by atoms with E-state index in [1.165, 1.54) is 13.3 Å². The number of anilines is 1. The first-order valence-electron chi connectivity index (χ1n) is 4.76. The molecule has 3 nitrogen and oxygen atoms in total. The van der Waals surface area contributed by atoms with Crippen LogP contribution in [0.5, 0.6) is 5.75 Å². The van der Waals surface area contributed by atoms with Gasteiger partial charge in [-0.1, -0.05) is 12.1 Å². The molecular weight excluding hydrogens is 207 g/mol. The average Bonchev–Trinajstić information content (AvgIpc) is 2.30. The molecular formula is C12H11FN2O. The quantitative estimate of drug-likeness (QED) is 0.788. The second kappa shape index (κ2) is 4.18. The lowest BCUT2D eigenvalue weighted by atomic mass is 10.1. The molecule has 0 unspecified atom stereocenters. The predicted molar refractivity (Wildman–Crippen MR) is 60.6 cm³/mol.